The van der Waals surface area contributed by atoms with Gasteiger partial charge in [0.1, 0.15) is 0 Å². The van der Waals surface area contributed by atoms with Crippen LogP contribution in [0, 0.1) is 0 Å². The molecular formula is C35H21N. The highest BCUT2D eigenvalue weighted by Gasteiger charge is 2.52. The van der Waals surface area contributed by atoms with Gasteiger partial charge in [0.2, 0.25) is 0 Å². The van der Waals surface area contributed by atoms with Gasteiger partial charge in [-0.3, -0.25) is 4.98 Å². The predicted molar refractivity (Wildman–Crippen MR) is 146 cm³/mol. The zero-order chi connectivity index (χ0) is 23.4. The van der Waals surface area contributed by atoms with Gasteiger partial charge < -0.3 is 0 Å². The van der Waals surface area contributed by atoms with Gasteiger partial charge in [0, 0.05) is 12.4 Å². The van der Waals surface area contributed by atoms with Crippen molar-refractivity contribution in [1.82, 2.24) is 4.98 Å². The van der Waals surface area contributed by atoms with Gasteiger partial charge in [0.25, 0.3) is 0 Å². The first kappa shape index (κ1) is 18.8. The van der Waals surface area contributed by atoms with E-state index in [2.05, 4.69) is 114 Å². The van der Waals surface area contributed by atoms with Crippen LogP contribution in [0.4, 0.5) is 0 Å². The summed E-state index contributed by atoms with van der Waals surface area (Å²) in [5.74, 6) is 0. The molecule has 0 amide bonds. The van der Waals surface area contributed by atoms with Crippen LogP contribution in [0.5, 0.6) is 0 Å². The lowest BCUT2D eigenvalue weighted by molar-refractivity contribution is 0.787. The minimum Gasteiger partial charge on any atom is -0.264 e. The second kappa shape index (κ2) is 6.38. The quantitative estimate of drug-likeness (QED) is 0.225. The molecule has 3 aliphatic rings. The normalized spacial score (nSPS) is 17.4. The Balaban J connectivity index is 1.40. The molecule has 9 rings (SSSR count). The van der Waals surface area contributed by atoms with Crippen molar-refractivity contribution in [3.8, 4) is 33.4 Å². The Hall–Kier alpha value is -4.49. The highest BCUT2D eigenvalue weighted by molar-refractivity contribution is 6.00. The number of rotatable bonds is 0. The monoisotopic (exact) mass is 455 g/mol. The molecule has 5 aromatic carbocycles. The predicted octanol–water partition coefficient (Wildman–Crippen LogP) is 8.15. The van der Waals surface area contributed by atoms with E-state index in [9.17, 15) is 0 Å². The van der Waals surface area contributed by atoms with Gasteiger partial charge in [-0.25, -0.2) is 0 Å². The van der Waals surface area contributed by atoms with Gasteiger partial charge in [-0.15, -0.1) is 0 Å². The molecule has 1 unspecified atom stereocenters. The van der Waals surface area contributed by atoms with Crippen LogP contribution in [0.2, 0.25) is 0 Å². The number of benzene rings is 5. The third kappa shape index (κ3) is 2.04. The molecule has 6 aromatic rings. The highest BCUT2D eigenvalue weighted by Crippen LogP contribution is 2.63. The summed E-state index contributed by atoms with van der Waals surface area (Å²) in [6.07, 6.45) is 5.02. The van der Waals surface area contributed by atoms with Gasteiger partial charge >= 0.3 is 0 Å². The largest absolute Gasteiger partial charge is 0.264 e. The van der Waals surface area contributed by atoms with E-state index < -0.39 is 0 Å². The summed E-state index contributed by atoms with van der Waals surface area (Å²) in [6, 6.07) is 38.6. The Morgan fingerprint density at radius 1 is 0.528 bits per heavy atom. The van der Waals surface area contributed by atoms with Crippen LogP contribution < -0.4 is 0 Å². The van der Waals surface area contributed by atoms with Crippen molar-refractivity contribution in [1.29, 1.82) is 0 Å². The number of aromatic nitrogens is 1. The Bertz CT molecular complexity index is 1880. The van der Waals surface area contributed by atoms with Crippen LogP contribution in [0.15, 0.2) is 116 Å². The second-order valence-electron chi connectivity index (χ2n) is 10.3. The van der Waals surface area contributed by atoms with Crippen LogP contribution in [0.3, 0.4) is 0 Å². The minimum atomic E-state index is -0.321. The third-order valence-electron chi connectivity index (χ3n) is 8.81. The Kier molecular flexibility index (Phi) is 3.33. The minimum absolute atomic E-state index is 0.321. The van der Waals surface area contributed by atoms with Gasteiger partial charge in [-0.2, -0.15) is 0 Å². The van der Waals surface area contributed by atoms with E-state index in [-0.39, 0.29) is 5.41 Å². The Morgan fingerprint density at radius 2 is 1.25 bits per heavy atom. The maximum atomic E-state index is 4.64. The van der Waals surface area contributed by atoms with Gasteiger partial charge in [-0.1, -0.05) is 91.0 Å². The smallest absolute Gasteiger partial charge is 0.0740 e. The lowest BCUT2D eigenvalue weighted by Gasteiger charge is -2.30. The summed E-state index contributed by atoms with van der Waals surface area (Å²) in [4.78, 5) is 4.64. The maximum Gasteiger partial charge on any atom is 0.0740 e. The zero-order valence-corrected chi connectivity index (χ0v) is 19.6. The van der Waals surface area contributed by atoms with Crippen LogP contribution in [-0.4, -0.2) is 4.98 Å². The van der Waals surface area contributed by atoms with E-state index >= 15 is 0 Å². The SMILES string of the molecule is c1ccc2c(c1)-c1ccncc1C21c2ccccc2-c2cc3c(cc21)Cc1c-3ccc2ccccc12. The molecule has 3 aliphatic carbocycles. The molecule has 0 fully saturated rings. The molecule has 1 nitrogen and oxygen atoms in total. The van der Waals surface area contributed by atoms with Crippen LogP contribution in [0.25, 0.3) is 44.2 Å². The molecule has 0 aliphatic heterocycles. The fraction of sp³-hybridized carbons (Fsp3) is 0.0571. The lowest BCUT2D eigenvalue weighted by Crippen LogP contribution is -2.26. The van der Waals surface area contributed by atoms with Gasteiger partial charge in [0.15, 0.2) is 0 Å². The van der Waals surface area contributed by atoms with Crippen molar-refractivity contribution >= 4 is 10.8 Å². The standard InChI is InChI=1S/C35H21N/c1-2-8-23-21(7-1)13-14-24-28-19-30-26-10-4-6-12-32(26)35(33(30)18-22(28)17-29(23)24)31-11-5-3-9-25(31)27-15-16-36-20-34(27)35/h1-16,18-20H,17H2. The molecule has 1 heterocycles. The number of hydrogen-bond acceptors (Lipinski definition) is 1. The molecule has 1 aromatic heterocycles. The summed E-state index contributed by atoms with van der Waals surface area (Å²) in [6.45, 7) is 0. The van der Waals surface area contributed by atoms with Crippen molar-refractivity contribution in [3.05, 3.63) is 149 Å². The topological polar surface area (TPSA) is 12.9 Å². The molecular weight excluding hydrogens is 434 g/mol. The molecule has 0 bridgehead atoms. The lowest BCUT2D eigenvalue weighted by atomic mass is 9.70. The number of nitrogens with zero attached hydrogens (tertiary/aromatic N) is 1. The number of pyridine rings is 1. The van der Waals surface area contributed by atoms with E-state index in [0.29, 0.717) is 0 Å². The van der Waals surface area contributed by atoms with Crippen molar-refractivity contribution < 1.29 is 0 Å². The van der Waals surface area contributed by atoms with Crippen molar-refractivity contribution in [2.75, 3.05) is 0 Å². The fourth-order valence-electron chi connectivity index (χ4n) is 7.43. The van der Waals surface area contributed by atoms with Crippen LogP contribution in [0.1, 0.15) is 33.4 Å². The molecule has 0 radical (unpaired) electrons. The molecule has 36 heavy (non-hydrogen) atoms. The summed E-state index contributed by atoms with van der Waals surface area (Å²) < 4.78 is 0. The first-order valence-corrected chi connectivity index (χ1v) is 12.7. The van der Waals surface area contributed by atoms with Crippen molar-refractivity contribution in [2.45, 2.75) is 11.8 Å². The van der Waals surface area contributed by atoms with E-state index in [0.717, 1.165) is 6.42 Å². The second-order valence-corrected chi connectivity index (χ2v) is 10.3. The van der Waals surface area contributed by atoms with Crippen LogP contribution in [-0.2, 0) is 11.8 Å². The Labute approximate surface area is 209 Å². The summed E-state index contributed by atoms with van der Waals surface area (Å²) in [5, 5.41) is 2.70. The van der Waals surface area contributed by atoms with E-state index in [1.54, 1.807) is 0 Å². The maximum absolute atomic E-state index is 4.64. The van der Waals surface area contributed by atoms with Crippen molar-refractivity contribution in [2.24, 2.45) is 0 Å². The molecule has 1 spiro atoms. The van der Waals surface area contributed by atoms with E-state index in [1.165, 1.54) is 77.5 Å². The van der Waals surface area contributed by atoms with Gasteiger partial charge in [-0.05, 0) is 96.1 Å². The zero-order valence-electron chi connectivity index (χ0n) is 19.6. The molecule has 0 saturated carbocycles. The van der Waals surface area contributed by atoms with Gasteiger partial charge in [0.05, 0.1) is 5.41 Å². The molecule has 0 N–H and O–H groups in total. The third-order valence-corrected chi connectivity index (χ3v) is 8.81. The molecule has 166 valence electrons. The highest BCUT2D eigenvalue weighted by atomic mass is 14.7. The van der Waals surface area contributed by atoms with E-state index in [4.69, 9.17) is 0 Å². The summed E-state index contributed by atoms with van der Waals surface area (Å²) >= 11 is 0. The first-order chi connectivity index (χ1) is 17.9. The summed E-state index contributed by atoms with van der Waals surface area (Å²) in [7, 11) is 0. The Morgan fingerprint density at radius 3 is 2.11 bits per heavy atom. The molecule has 0 saturated heterocycles. The fourth-order valence-corrected chi connectivity index (χ4v) is 7.43. The average molecular weight is 456 g/mol. The number of hydrogen-bond donors (Lipinski definition) is 0. The average Bonchev–Trinajstić information content (AvgIpc) is 3.56. The van der Waals surface area contributed by atoms with E-state index in [1.807, 2.05) is 6.20 Å². The van der Waals surface area contributed by atoms with Crippen molar-refractivity contribution in [3.63, 3.8) is 0 Å². The number of fused-ring (bicyclic) bond motifs is 15. The van der Waals surface area contributed by atoms with Crippen LogP contribution >= 0.6 is 0 Å². The first-order valence-electron chi connectivity index (χ1n) is 12.7. The molecule has 1 atom stereocenters. The summed E-state index contributed by atoms with van der Waals surface area (Å²) in [5.41, 5.74) is 16.1. The molecule has 1 heteroatoms.